The second kappa shape index (κ2) is 26.5. The third kappa shape index (κ3) is 17.8. The van der Waals surface area contributed by atoms with Gasteiger partial charge in [0.05, 0.1) is 31.0 Å². The fourth-order valence-corrected chi connectivity index (χ4v) is 5.34. The van der Waals surface area contributed by atoms with Crippen molar-refractivity contribution in [2.24, 2.45) is 11.5 Å². The number of amides is 3. The van der Waals surface area contributed by atoms with Crippen LogP contribution in [0, 0.1) is 0 Å². The van der Waals surface area contributed by atoms with Gasteiger partial charge in [-0.3, -0.25) is 14.4 Å². The summed E-state index contributed by atoms with van der Waals surface area (Å²) in [4.78, 5) is 43.0. The number of benzene rings is 3. The molecule has 0 saturated carbocycles. The summed E-state index contributed by atoms with van der Waals surface area (Å²) in [6, 6.07) is 23.5. The molecule has 0 bridgehead atoms. The number of alkyl halides is 3. The Hall–Kier alpha value is -6.25. The van der Waals surface area contributed by atoms with E-state index in [-0.39, 0.29) is 18.3 Å². The molecule has 0 aliphatic rings. The number of rotatable bonds is 21. The van der Waals surface area contributed by atoms with Crippen molar-refractivity contribution >= 4 is 25.0 Å². The van der Waals surface area contributed by atoms with Crippen LogP contribution in [0.2, 0.25) is 0 Å². The molecule has 4 aromatic rings. The second-order valence-corrected chi connectivity index (χ2v) is 12.1. The van der Waals surface area contributed by atoms with Crippen LogP contribution >= 0.6 is 0 Å². The number of ether oxygens (including phenoxy) is 1. The summed E-state index contributed by atoms with van der Waals surface area (Å²) in [5, 5.41) is 7.93. The number of hydrogen-bond acceptors (Lipinski definition) is 8. The number of allylic oxidation sites excluding steroid dienone is 4. The maximum atomic E-state index is 13.2. The van der Waals surface area contributed by atoms with Crippen molar-refractivity contribution in [1.82, 2.24) is 16.0 Å². The minimum Gasteiger partial charge on any atom is -0.494 e. The van der Waals surface area contributed by atoms with Gasteiger partial charge < -0.3 is 41.4 Å². The van der Waals surface area contributed by atoms with Crippen LogP contribution < -0.4 is 32.2 Å². The number of furan rings is 1. The highest BCUT2D eigenvalue weighted by Gasteiger charge is 2.30. The van der Waals surface area contributed by atoms with Crippen LogP contribution in [0.15, 0.2) is 132 Å². The zero-order valence-electron chi connectivity index (χ0n) is 31.8. The van der Waals surface area contributed by atoms with Crippen LogP contribution in [-0.2, 0) is 33.4 Å². The van der Waals surface area contributed by atoms with Crippen molar-refractivity contribution in [2.45, 2.75) is 44.3 Å². The molecule has 3 aromatic carbocycles. The van der Waals surface area contributed by atoms with E-state index in [0.717, 1.165) is 34.8 Å². The molecule has 3 amide bonds. The number of nitrogens with one attached hydrogen (secondary N) is 3. The average Bonchev–Trinajstić information content (AvgIpc) is 3.76. The molecule has 1 aromatic heterocycles. The van der Waals surface area contributed by atoms with Gasteiger partial charge in [-0.15, -0.1) is 0 Å². The van der Waals surface area contributed by atoms with Gasteiger partial charge in [-0.1, -0.05) is 72.8 Å². The van der Waals surface area contributed by atoms with Gasteiger partial charge in [0, 0.05) is 5.70 Å². The highest BCUT2D eigenvalue weighted by molar-refractivity contribution is 5.92. The smallest absolute Gasteiger partial charge is 0.416 e. The second-order valence-electron chi connectivity index (χ2n) is 12.1. The van der Waals surface area contributed by atoms with Crippen LogP contribution in [0.25, 0.3) is 0 Å². The molecule has 0 aliphatic heterocycles. The molecule has 0 fully saturated rings. The lowest BCUT2D eigenvalue weighted by Gasteiger charge is -2.19. The quantitative estimate of drug-likeness (QED) is 0.0368. The van der Waals surface area contributed by atoms with E-state index in [2.05, 4.69) is 28.3 Å². The zero-order chi connectivity index (χ0) is 41.9. The van der Waals surface area contributed by atoms with Crippen molar-refractivity contribution in [3.05, 3.63) is 161 Å². The Labute approximate surface area is 331 Å². The van der Waals surface area contributed by atoms with Gasteiger partial charge >= 0.3 is 6.18 Å². The van der Waals surface area contributed by atoms with Gasteiger partial charge in [0.15, 0.2) is 5.76 Å². The lowest BCUT2D eigenvalue weighted by molar-refractivity contribution is -0.137. The lowest BCUT2D eigenvalue weighted by atomic mass is 9.94. The Bertz CT molecular complexity index is 1850. The van der Waals surface area contributed by atoms with Crippen LogP contribution in [0.4, 0.5) is 13.2 Å². The van der Waals surface area contributed by atoms with Crippen molar-refractivity contribution < 1.29 is 41.5 Å². The zero-order valence-corrected chi connectivity index (χ0v) is 31.8. The number of halogens is 3. The first-order valence-corrected chi connectivity index (χ1v) is 18.0. The predicted molar refractivity (Wildman–Crippen MR) is 214 cm³/mol. The summed E-state index contributed by atoms with van der Waals surface area (Å²) in [5.41, 5.74) is 14.2. The molecular formula is C43H50F3N5O6. The lowest BCUT2D eigenvalue weighted by Crippen LogP contribution is -2.22. The molecule has 0 aliphatic carbocycles. The van der Waals surface area contributed by atoms with Crippen LogP contribution in [-0.4, -0.2) is 51.8 Å². The Kier molecular flexibility index (Phi) is 21.8. The van der Waals surface area contributed by atoms with E-state index in [0.29, 0.717) is 75.0 Å². The summed E-state index contributed by atoms with van der Waals surface area (Å²) >= 11 is 0. The first-order chi connectivity index (χ1) is 27.6. The minimum absolute atomic E-state index is 0.115. The maximum absolute atomic E-state index is 13.2. The third-order valence-electron chi connectivity index (χ3n) is 7.98. The highest BCUT2D eigenvalue weighted by atomic mass is 19.4. The van der Waals surface area contributed by atoms with E-state index < -0.39 is 17.6 Å². The van der Waals surface area contributed by atoms with Gasteiger partial charge in [0.25, 0.3) is 5.91 Å². The molecule has 4 rings (SSSR count). The fourth-order valence-electron chi connectivity index (χ4n) is 5.34. The molecule has 0 spiro atoms. The maximum Gasteiger partial charge on any atom is 0.416 e. The van der Waals surface area contributed by atoms with E-state index in [1.54, 1.807) is 30.4 Å². The molecule has 0 radical (unpaired) electrons. The van der Waals surface area contributed by atoms with E-state index in [1.165, 1.54) is 25.4 Å². The molecular weight excluding hydrogens is 739 g/mol. The SMILES string of the molecule is C=C/C=C(\C=C(/CCC(NC=O)c1ccc(OCCCN)cc1)Cc1ccc(Cc2cccc(C(F)(F)F)c2)cc1)NC(=O)c1ccco1.CN.O=CCNC=O. The fraction of sp³-hybridized carbons (Fsp3) is 0.256. The largest absolute Gasteiger partial charge is 0.494 e. The van der Waals surface area contributed by atoms with Crippen LogP contribution in [0.1, 0.15) is 63.7 Å². The first kappa shape index (κ1) is 46.9. The summed E-state index contributed by atoms with van der Waals surface area (Å²) in [6.45, 7) is 4.96. The minimum atomic E-state index is -4.40. The summed E-state index contributed by atoms with van der Waals surface area (Å²) < 4.78 is 50.6. The van der Waals surface area contributed by atoms with Crippen LogP contribution in [0.5, 0.6) is 5.75 Å². The molecule has 0 saturated heterocycles. The molecule has 1 unspecified atom stereocenters. The Morgan fingerprint density at radius 3 is 2.23 bits per heavy atom. The summed E-state index contributed by atoms with van der Waals surface area (Å²) in [6.07, 6.45) is 6.65. The van der Waals surface area contributed by atoms with Crippen molar-refractivity contribution in [2.75, 3.05) is 26.7 Å². The summed E-state index contributed by atoms with van der Waals surface area (Å²) in [5.74, 6) is 0.458. The van der Waals surface area contributed by atoms with Gasteiger partial charge in [0.1, 0.15) is 12.0 Å². The van der Waals surface area contributed by atoms with E-state index in [9.17, 15) is 32.3 Å². The number of carbonyl (C=O) groups excluding carboxylic acids is 4. The van der Waals surface area contributed by atoms with Gasteiger partial charge in [-0.05, 0) is 110 Å². The molecule has 304 valence electrons. The van der Waals surface area contributed by atoms with Gasteiger partial charge in [-0.2, -0.15) is 13.2 Å². The molecule has 11 nitrogen and oxygen atoms in total. The molecule has 7 N–H and O–H groups in total. The highest BCUT2D eigenvalue weighted by Crippen LogP contribution is 2.30. The van der Waals surface area contributed by atoms with Gasteiger partial charge in [0.2, 0.25) is 12.8 Å². The Morgan fingerprint density at radius 1 is 0.930 bits per heavy atom. The normalized spacial score (nSPS) is 11.7. The Balaban J connectivity index is 0.00000128. The number of carbonyl (C=O) groups is 4. The van der Waals surface area contributed by atoms with Crippen molar-refractivity contribution in [3.63, 3.8) is 0 Å². The van der Waals surface area contributed by atoms with Crippen LogP contribution in [0.3, 0.4) is 0 Å². The first-order valence-electron chi connectivity index (χ1n) is 18.0. The number of hydrogen-bond donors (Lipinski definition) is 5. The number of nitrogens with two attached hydrogens (primary N) is 2. The summed E-state index contributed by atoms with van der Waals surface area (Å²) in [7, 11) is 1.50. The number of aldehydes is 1. The molecule has 57 heavy (non-hydrogen) atoms. The van der Waals surface area contributed by atoms with E-state index >= 15 is 0 Å². The standard InChI is InChI=1S/C39H40F3N3O4.C3H5NO2.CH5N/c1-2-6-34(45-38(47)37-9-4-21-49-37)26-31(14-19-36(44-27-46)32-15-17-35(18-16-32)48-22-5-20-43)24-29-12-10-28(11-13-29)23-30-7-3-8-33(25-30)39(40,41)42;5-2-1-4-3-6;1-2/h2-4,6-13,15-18,21,25-27,36H,1,5,14,19-20,22-24,43H2,(H,44,46)(H,45,47);2-3H,1H2,(H,4,6);2H2,1H3/b31-26+,34-6+;;. The van der Waals surface area contributed by atoms with E-state index in [1.807, 2.05) is 54.6 Å². The predicted octanol–water partition coefficient (Wildman–Crippen LogP) is 6.36. The van der Waals surface area contributed by atoms with Gasteiger partial charge in [-0.25, -0.2) is 0 Å². The van der Waals surface area contributed by atoms with E-state index in [4.69, 9.17) is 14.9 Å². The Morgan fingerprint density at radius 2 is 1.65 bits per heavy atom. The molecule has 1 atom stereocenters. The third-order valence-corrected chi connectivity index (χ3v) is 7.98. The topological polar surface area (TPSA) is 179 Å². The average molecular weight is 790 g/mol. The monoisotopic (exact) mass is 789 g/mol. The van der Waals surface area contributed by atoms with Crippen molar-refractivity contribution in [1.29, 1.82) is 0 Å². The van der Waals surface area contributed by atoms with Crippen molar-refractivity contribution in [3.8, 4) is 5.75 Å². The molecule has 14 heteroatoms. The molecule has 1 heterocycles.